The van der Waals surface area contributed by atoms with Crippen molar-refractivity contribution in [2.45, 2.75) is 84.0 Å². The van der Waals surface area contributed by atoms with Crippen LogP contribution in [-0.4, -0.2) is 0 Å². The third kappa shape index (κ3) is 1.80. The third-order valence-corrected chi connectivity index (χ3v) is 5.86. The van der Waals surface area contributed by atoms with E-state index in [1.165, 1.54) is 19.3 Å². The lowest BCUT2D eigenvalue weighted by Gasteiger charge is -2.45. The molecule has 0 aromatic heterocycles. The van der Waals surface area contributed by atoms with E-state index in [0.29, 0.717) is 5.41 Å². The Morgan fingerprint density at radius 3 is 1.95 bits per heavy atom. The van der Waals surface area contributed by atoms with Crippen LogP contribution in [0.3, 0.4) is 0 Å². The molecule has 2 unspecified atom stereocenters. The third-order valence-electron chi connectivity index (χ3n) is 5.86. The average Bonchev–Trinajstić information content (AvgIpc) is 2.48. The highest BCUT2D eigenvalue weighted by Crippen LogP contribution is 2.59. The lowest BCUT2D eigenvalue weighted by atomic mass is 9.59. The number of hydrogen-bond donors (Lipinski definition) is 0. The molecule has 2 atom stereocenters. The van der Waals surface area contributed by atoms with Crippen molar-refractivity contribution in [1.82, 2.24) is 0 Å². The van der Waals surface area contributed by atoms with Gasteiger partial charge >= 0.3 is 0 Å². The molecule has 0 bridgehead atoms. The zero-order valence-corrected chi connectivity index (χ0v) is 14.4. The molecule has 2 aliphatic carbocycles. The summed E-state index contributed by atoms with van der Waals surface area (Å²) in [5, 5.41) is 0. The summed E-state index contributed by atoms with van der Waals surface area (Å²) in [7, 11) is 0. The van der Waals surface area contributed by atoms with Crippen LogP contribution in [0.4, 0.5) is 0 Å². The molecule has 0 heteroatoms. The Kier molecular flexibility index (Phi) is 2.76. The molecular formula is C20H30. The van der Waals surface area contributed by atoms with E-state index in [1.807, 2.05) is 0 Å². The number of benzene rings is 1. The lowest BCUT2D eigenvalue weighted by Crippen LogP contribution is -2.39. The van der Waals surface area contributed by atoms with Crippen LogP contribution in [0.15, 0.2) is 12.1 Å². The maximum Gasteiger partial charge on any atom is -0.00380 e. The molecule has 0 heterocycles. The Balaban J connectivity index is 2.28. The van der Waals surface area contributed by atoms with Gasteiger partial charge in [0.1, 0.15) is 0 Å². The molecule has 0 nitrogen and oxygen atoms in total. The SMILES string of the molecule is CC(C)(C)c1ccc(C(C)(C)C)c2c1CC1CCC21C. The van der Waals surface area contributed by atoms with Gasteiger partial charge in [-0.25, -0.2) is 0 Å². The van der Waals surface area contributed by atoms with Crippen LogP contribution >= 0.6 is 0 Å². The first kappa shape index (κ1) is 14.2. The summed E-state index contributed by atoms with van der Waals surface area (Å²) in [6.07, 6.45) is 4.14. The van der Waals surface area contributed by atoms with Crippen LogP contribution < -0.4 is 0 Å². The van der Waals surface area contributed by atoms with Crippen LogP contribution in [0.25, 0.3) is 0 Å². The monoisotopic (exact) mass is 270 g/mol. The van der Waals surface area contributed by atoms with Crippen molar-refractivity contribution in [3.63, 3.8) is 0 Å². The zero-order chi connectivity index (χ0) is 14.9. The van der Waals surface area contributed by atoms with Crippen LogP contribution in [0.1, 0.15) is 83.6 Å². The van der Waals surface area contributed by atoms with Gasteiger partial charge in [0, 0.05) is 0 Å². The van der Waals surface area contributed by atoms with E-state index in [2.05, 4.69) is 60.6 Å². The molecule has 1 aromatic carbocycles. The normalized spacial score (nSPS) is 28.9. The fourth-order valence-corrected chi connectivity index (χ4v) is 4.52. The number of rotatable bonds is 0. The predicted molar refractivity (Wildman–Crippen MR) is 87.6 cm³/mol. The van der Waals surface area contributed by atoms with Crippen LogP contribution in [0.5, 0.6) is 0 Å². The molecule has 0 spiro atoms. The minimum absolute atomic E-state index is 0.258. The van der Waals surface area contributed by atoms with Gasteiger partial charge in [-0.15, -0.1) is 0 Å². The predicted octanol–water partition coefficient (Wildman–Crippen LogP) is 5.51. The first-order valence-corrected chi connectivity index (χ1v) is 8.22. The fraction of sp³-hybridized carbons (Fsp3) is 0.700. The van der Waals surface area contributed by atoms with E-state index in [0.717, 1.165) is 5.92 Å². The van der Waals surface area contributed by atoms with Gasteiger partial charge in [0.2, 0.25) is 0 Å². The summed E-state index contributed by atoms with van der Waals surface area (Å²) in [5.74, 6) is 0.905. The molecule has 0 aliphatic heterocycles. The topological polar surface area (TPSA) is 0 Å². The van der Waals surface area contributed by atoms with E-state index in [4.69, 9.17) is 0 Å². The summed E-state index contributed by atoms with van der Waals surface area (Å²) < 4.78 is 0. The molecule has 2 aliphatic rings. The second kappa shape index (κ2) is 3.90. The Hall–Kier alpha value is -0.780. The minimum atomic E-state index is 0.258. The van der Waals surface area contributed by atoms with Crippen molar-refractivity contribution in [2.24, 2.45) is 5.92 Å². The molecule has 1 saturated carbocycles. The maximum absolute atomic E-state index is 2.52. The van der Waals surface area contributed by atoms with E-state index >= 15 is 0 Å². The maximum atomic E-state index is 2.52. The van der Waals surface area contributed by atoms with E-state index < -0.39 is 0 Å². The van der Waals surface area contributed by atoms with Crippen LogP contribution in [0, 0.1) is 5.92 Å². The van der Waals surface area contributed by atoms with Gasteiger partial charge in [0.05, 0.1) is 0 Å². The van der Waals surface area contributed by atoms with Gasteiger partial charge in [0.15, 0.2) is 0 Å². The Labute approximate surface area is 125 Å². The summed E-state index contributed by atoms with van der Waals surface area (Å²) in [5.41, 5.74) is 7.62. The van der Waals surface area contributed by atoms with Gasteiger partial charge in [-0.3, -0.25) is 0 Å². The first-order chi connectivity index (χ1) is 9.05. The van der Waals surface area contributed by atoms with Crippen molar-refractivity contribution in [2.75, 3.05) is 0 Å². The highest BCUT2D eigenvalue weighted by Gasteiger charge is 2.52. The molecule has 0 radical (unpaired) electrons. The van der Waals surface area contributed by atoms with Crippen molar-refractivity contribution in [3.05, 3.63) is 34.4 Å². The Morgan fingerprint density at radius 1 is 0.950 bits per heavy atom. The summed E-state index contributed by atoms with van der Waals surface area (Å²) >= 11 is 0. The van der Waals surface area contributed by atoms with Crippen molar-refractivity contribution >= 4 is 0 Å². The van der Waals surface area contributed by atoms with E-state index in [9.17, 15) is 0 Å². The van der Waals surface area contributed by atoms with Gasteiger partial charge in [-0.2, -0.15) is 0 Å². The second-order valence-electron chi connectivity index (χ2n) is 9.37. The average molecular weight is 270 g/mol. The largest absolute Gasteiger partial charge is 0.0579 e. The van der Waals surface area contributed by atoms with Crippen molar-refractivity contribution < 1.29 is 0 Å². The molecule has 110 valence electrons. The highest BCUT2D eigenvalue weighted by molar-refractivity contribution is 5.55. The van der Waals surface area contributed by atoms with Gasteiger partial charge in [-0.1, -0.05) is 60.6 Å². The fourth-order valence-electron chi connectivity index (χ4n) is 4.52. The standard InChI is InChI=1S/C20H30/c1-18(2,3)15-8-9-16(19(4,5)6)17-14(15)12-13-10-11-20(13,17)7/h8-9,13H,10-12H2,1-7H3. The van der Waals surface area contributed by atoms with Gasteiger partial charge < -0.3 is 0 Å². The molecule has 3 rings (SSSR count). The molecule has 0 N–H and O–H groups in total. The van der Waals surface area contributed by atoms with Gasteiger partial charge in [0.25, 0.3) is 0 Å². The van der Waals surface area contributed by atoms with Crippen LogP contribution in [0.2, 0.25) is 0 Å². The summed E-state index contributed by atoms with van der Waals surface area (Å²) in [4.78, 5) is 0. The quantitative estimate of drug-likeness (QED) is 0.583. The molecule has 1 fully saturated rings. The van der Waals surface area contributed by atoms with Crippen molar-refractivity contribution in [3.8, 4) is 0 Å². The molecule has 20 heavy (non-hydrogen) atoms. The van der Waals surface area contributed by atoms with Crippen LogP contribution in [-0.2, 0) is 22.7 Å². The Morgan fingerprint density at radius 2 is 1.50 bits per heavy atom. The Bertz CT molecular complexity index is 551. The number of fused-ring (bicyclic) bond motifs is 3. The summed E-state index contributed by atoms with van der Waals surface area (Å²) in [6.45, 7) is 16.7. The highest BCUT2D eigenvalue weighted by atomic mass is 14.6. The zero-order valence-electron chi connectivity index (χ0n) is 14.4. The first-order valence-electron chi connectivity index (χ1n) is 8.22. The molecule has 1 aromatic rings. The smallest absolute Gasteiger partial charge is 0.00380 e. The van der Waals surface area contributed by atoms with E-state index in [-0.39, 0.29) is 10.8 Å². The molecule has 0 saturated heterocycles. The van der Waals surface area contributed by atoms with E-state index in [1.54, 1.807) is 22.3 Å². The minimum Gasteiger partial charge on any atom is -0.0579 e. The molecule has 0 amide bonds. The second-order valence-corrected chi connectivity index (χ2v) is 9.37. The molecular weight excluding hydrogens is 240 g/mol. The van der Waals surface area contributed by atoms with Crippen molar-refractivity contribution in [1.29, 1.82) is 0 Å². The lowest BCUT2D eigenvalue weighted by molar-refractivity contribution is 0.162. The van der Waals surface area contributed by atoms with Gasteiger partial charge in [-0.05, 0) is 63.7 Å². The number of hydrogen-bond acceptors (Lipinski definition) is 0. The summed E-state index contributed by atoms with van der Waals surface area (Å²) in [6, 6.07) is 4.86.